The Labute approximate surface area is 111 Å². The van der Waals surface area contributed by atoms with Gasteiger partial charge in [0.05, 0.1) is 0 Å². The zero-order valence-corrected chi connectivity index (χ0v) is 10.4. The molecule has 0 unspecified atom stereocenters. The second kappa shape index (κ2) is 4.61. The number of rotatable bonds is 2. The van der Waals surface area contributed by atoms with Gasteiger partial charge in [0, 0.05) is 12.3 Å². The molecule has 0 saturated carbocycles. The maximum atomic E-state index is 13.5. The lowest BCUT2D eigenvalue weighted by molar-refractivity contribution is 0.101. The van der Waals surface area contributed by atoms with Crippen molar-refractivity contribution < 1.29 is 13.6 Å². The van der Waals surface area contributed by atoms with Crippen molar-refractivity contribution in [3.8, 4) is 0 Å². The molecule has 2 aromatic rings. The molecular weight excluding hydrogens is 274 g/mol. The third-order valence-corrected chi connectivity index (χ3v) is 3.62. The molecule has 1 aliphatic rings. The zero-order chi connectivity index (χ0) is 13.4. The van der Waals surface area contributed by atoms with Gasteiger partial charge >= 0.3 is 0 Å². The van der Waals surface area contributed by atoms with Crippen LogP contribution in [0.15, 0.2) is 23.4 Å². The summed E-state index contributed by atoms with van der Waals surface area (Å²) in [5.74, 6) is -1.65. The van der Waals surface area contributed by atoms with Crippen molar-refractivity contribution in [1.29, 1.82) is 0 Å². The van der Waals surface area contributed by atoms with Crippen LogP contribution in [0.1, 0.15) is 10.4 Å². The van der Waals surface area contributed by atoms with Crippen LogP contribution in [0.4, 0.5) is 14.7 Å². The van der Waals surface area contributed by atoms with Crippen LogP contribution in [-0.2, 0) is 6.54 Å². The lowest BCUT2D eigenvalue weighted by Crippen LogP contribution is -2.18. The Morgan fingerprint density at radius 3 is 2.79 bits per heavy atom. The Hall–Kier alpha value is -1.96. The summed E-state index contributed by atoms with van der Waals surface area (Å²) in [6, 6.07) is 3.26. The van der Waals surface area contributed by atoms with E-state index < -0.39 is 23.1 Å². The number of benzene rings is 1. The number of halogens is 2. The minimum absolute atomic E-state index is 0.202. The highest BCUT2D eigenvalue weighted by Gasteiger charge is 2.22. The highest BCUT2D eigenvalue weighted by atomic mass is 32.2. The molecule has 0 bridgehead atoms. The molecule has 0 atom stereocenters. The summed E-state index contributed by atoms with van der Waals surface area (Å²) in [7, 11) is 0. The van der Waals surface area contributed by atoms with Crippen molar-refractivity contribution in [2.45, 2.75) is 11.7 Å². The van der Waals surface area contributed by atoms with Crippen LogP contribution in [0.2, 0.25) is 0 Å². The van der Waals surface area contributed by atoms with Gasteiger partial charge in [-0.2, -0.15) is 0 Å². The predicted molar refractivity (Wildman–Crippen MR) is 65.1 cm³/mol. The number of thioether (sulfide) groups is 1. The Balaban J connectivity index is 1.89. The Morgan fingerprint density at radius 1 is 1.32 bits per heavy atom. The zero-order valence-electron chi connectivity index (χ0n) is 9.56. The highest BCUT2D eigenvalue weighted by molar-refractivity contribution is 7.99. The van der Waals surface area contributed by atoms with E-state index in [0.717, 1.165) is 17.9 Å². The smallest absolute Gasteiger partial charge is 0.263 e. The molecule has 2 heterocycles. The molecule has 1 aromatic heterocycles. The van der Waals surface area contributed by atoms with Crippen molar-refractivity contribution in [2.75, 3.05) is 11.1 Å². The number of anilines is 1. The number of fused-ring (bicyclic) bond motifs is 1. The Morgan fingerprint density at radius 2 is 2.05 bits per heavy atom. The quantitative estimate of drug-likeness (QED) is 0.914. The van der Waals surface area contributed by atoms with E-state index in [9.17, 15) is 13.6 Å². The second-order valence-corrected chi connectivity index (χ2v) is 4.92. The molecule has 0 saturated heterocycles. The van der Waals surface area contributed by atoms with E-state index in [2.05, 4.69) is 15.5 Å². The van der Waals surface area contributed by atoms with Gasteiger partial charge in [0.25, 0.3) is 5.91 Å². The summed E-state index contributed by atoms with van der Waals surface area (Å²) in [4.78, 5) is 11.9. The molecule has 0 aliphatic carbocycles. The van der Waals surface area contributed by atoms with E-state index in [0.29, 0.717) is 11.7 Å². The summed E-state index contributed by atoms with van der Waals surface area (Å²) in [6.07, 6.45) is 0. The first kappa shape index (κ1) is 12.1. The lowest BCUT2D eigenvalue weighted by atomic mass is 10.2. The van der Waals surface area contributed by atoms with E-state index in [1.165, 1.54) is 17.8 Å². The summed E-state index contributed by atoms with van der Waals surface area (Å²) in [6.45, 7) is 0.655. The van der Waals surface area contributed by atoms with Crippen LogP contribution < -0.4 is 5.32 Å². The van der Waals surface area contributed by atoms with Crippen LogP contribution in [0.5, 0.6) is 0 Å². The first-order valence-corrected chi connectivity index (χ1v) is 6.47. The van der Waals surface area contributed by atoms with Crippen molar-refractivity contribution in [3.05, 3.63) is 35.4 Å². The summed E-state index contributed by atoms with van der Waals surface area (Å²) in [5.41, 5.74) is -0.620. The van der Waals surface area contributed by atoms with E-state index in [-0.39, 0.29) is 5.95 Å². The van der Waals surface area contributed by atoms with Crippen molar-refractivity contribution in [1.82, 2.24) is 14.8 Å². The van der Waals surface area contributed by atoms with Crippen LogP contribution >= 0.6 is 11.8 Å². The van der Waals surface area contributed by atoms with Crippen molar-refractivity contribution in [3.63, 3.8) is 0 Å². The van der Waals surface area contributed by atoms with Crippen LogP contribution in [-0.4, -0.2) is 26.4 Å². The van der Waals surface area contributed by atoms with Crippen LogP contribution in [0.3, 0.4) is 0 Å². The normalized spacial score (nSPS) is 13.4. The molecule has 0 radical (unpaired) electrons. The molecule has 1 aliphatic heterocycles. The van der Waals surface area contributed by atoms with E-state index in [1.807, 2.05) is 0 Å². The predicted octanol–water partition coefficient (Wildman–Crippen LogP) is 1.91. The van der Waals surface area contributed by atoms with Crippen molar-refractivity contribution in [2.24, 2.45) is 0 Å². The average molecular weight is 282 g/mol. The molecule has 1 N–H and O–H groups in total. The number of hydrogen-bond acceptors (Lipinski definition) is 4. The van der Waals surface area contributed by atoms with Gasteiger partial charge in [-0.15, -0.1) is 10.2 Å². The number of carbonyl (C=O) groups is 1. The molecule has 0 fully saturated rings. The highest BCUT2D eigenvalue weighted by Crippen LogP contribution is 2.26. The standard InChI is InChI=1S/C11H8F2N4OS/c12-6-2-1-3-7(13)8(6)9(18)14-10-15-16-11-17(10)4-5-19-11/h1-3H,4-5H2,(H,14,15,18). The van der Waals surface area contributed by atoms with E-state index in [4.69, 9.17) is 0 Å². The number of aromatic nitrogens is 3. The largest absolute Gasteiger partial charge is 0.290 e. The maximum absolute atomic E-state index is 13.5. The molecule has 98 valence electrons. The topological polar surface area (TPSA) is 59.8 Å². The van der Waals surface area contributed by atoms with Gasteiger partial charge in [-0.1, -0.05) is 17.8 Å². The minimum atomic E-state index is -0.909. The van der Waals surface area contributed by atoms with Crippen molar-refractivity contribution >= 4 is 23.6 Å². The Bertz CT molecular complexity index is 638. The molecule has 8 heteroatoms. The van der Waals surface area contributed by atoms with Gasteiger partial charge in [0.1, 0.15) is 17.2 Å². The number of nitrogens with one attached hydrogen (secondary N) is 1. The fourth-order valence-electron chi connectivity index (χ4n) is 1.80. The lowest BCUT2D eigenvalue weighted by Gasteiger charge is -2.06. The van der Waals surface area contributed by atoms with Gasteiger partial charge in [-0.3, -0.25) is 14.7 Å². The molecule has 19 heavy (non-hydrogen) atoms. The maximum Gasteiger partial charge on any atom is 0.263 e. The minimum Gasteiger partial charge on any atom is -0.290 e. The van der Waals surface area contributed by atoms with Crippen LogP contribution in [0, 0.1) is 11.6 Å². The molecule has 5 nitrogen and oxygen atoms in total. The second-order valence-electron chi connectivity index (χ2n) is 3.86. The third kappa shape index (κ3) is 2.07. The van der Waals surface area contributed by atoms with Gasteiger partial charge in [0.15, 0.2) is 5.16 Å². The average Bonchev–Trinajstić information content (AvgIpc) is 2.94. The summed E-state index contributed by atoms with van der Waals surface area (Å²) >= 11 is 1.51. The summed E-state index contributed by atoms with van der Waals surface area (Å²) in [5, 5.41) is 10.7. The first-order valence-electron chi connectivity index (χ1n) is 5.48. The molecule has 1 amide bonds. The van der Waals surface area contributed by atoms with Gasteiger partial charge < -0.3 is 0 Å². The van der Waals surface area contributed by atoms with Crippen LogP contribution in [0.25, 0.3) is 0 Å². The monoisotopic (exact) mass is 282 g/mol. The number of amides is 1. The molecule has 0 spiro atoms. The van der Waals surface area contributed by atoms with Gasteiger partial charge in [0.2, 0.25) is 5.95 Å². The molecule has 1 aromatic carbocycles. The third-order valence-electron chi connectivity index (χ3n) is 2.68. The van der Waals surface area contributed by atoms with Gasteiger partial charge in [-0.25, -0.2) is 8.78 Å². The molecule has 3 rings (SSSR count). The number of nitrogens with zero attached hydrogens (tertiary/aromatic N) is 3. The summed E-state index contributed by atoms with van der Waals surface area (Å²) < 4.78 is 28.6. The van der Waals surface area contributed by atoms with Gasteiger partial charge in [-0.05, 0) is 12.1 Å². The van der Waals surface area contributed by atoms with E-state index in [1.54, 1.807) is 4.57 Å². The SMILES string of the molecule is O=C(Nc1nnc2n1CCS2)c1c(F)cccc1F. The van der Waals surface area contributed by atoms with E-state index >= 15 is 0 Å². The Kier molecular flexibility index (Phi) is 2.94. The fourth-order valence-corrected chi connectivity index (χ4v) is 2.69. The number of hydrogen-bond donors (Lipinski definition) is 1. The molecular formula is C11H8F2N4OS. The number of carbonyl (C=O) groups excluding carboxylic acids is 1. The first-order chi connectivity index (χ1) is 9.16. The fraction of sp³-hybridized carbons (Fsp3) is 0.182.